The summed E-state index contributed by atoms with van der Waals surface area (Å²) in [7, 11) is 3.79. The largest absolute Gasteiger partial charge is 0.418 e. The summed E-state index contributed by atoms with van der Waals surface area (Å²) in [5, 5.41) is 8.13. The van der Waals surface area contributed by atoms with E-state index in [4.69, 9.17) is 11.6 Å². The third kappa shape index (κ3) is 6.13. The Morgan fingerprint density at radius 1 is 1.13 bits per heavy atom. The molecule has 1 aliphatic carbocycles. The van der Waals surface area contributed by atoms with Crippen molar-refractivity contribution in [2.24, 2.45) is 0 Å². The topological polar surface area (TPSA) is 82.2 Å². The van der Waals surface area contributed by atoms with Crippen molar-refractivity contribution < 1.29 is 18.0 Å². The average molecular weight is 457 g/mol. The van der Waals surface area contributed by atoms with Gasteiger partial charge in [0.2, 0.25) is 5.95 Å². The summed E-state index contributed by atoms with van der Waals surface area (Å²) in [6, 6.07) is 4.48. The maximum Gasteiger partial charge on any atom is 0.418 e. The lowest BCUT2D eigenvalue weighted by Crippen LogP contribution is -2.42. The monoisotopic (exact) mass is 456 g/mol. The summed E-state index contributed by atoms with van der Waals surface area (Å²) in [5.41, 5.74) is -1.43. The van der Waals surface area contributed by atoms with E-state index in [2.05, 4.69) is 25.9 Å². The van der Waals surface area contributed by atoms with Crippen molar-refractivity contribution in [2.75, 3.05) is 29.6 Å². The lowest BCUT2D eigenvalue weighted by Gasteiger charge is -2.30. The van der Waals surface area contributed by atoms with Crippen molar-refractivity contribution in [3.05, 3.63) is 41.0 Å². The predicted molar refractivity (Wildman–Crippen MR) is 115 cm³/mol. The Labute approximate surface area is 183 Å². The summed E-state index contributed by atoms with van der Waals surface area (Å²) in [4.78, 5) is 22.9. The molecule has 1 aromatic heterocycles. The Bertz CT molecular complexity index is 916. The normalized spacial score (nSPS) is 18.9. The van der Waals surface area contributed by atoms with Gasteiger partial charge in [-0.25, -0.2) is 9.78 Å². The van der Waals surface area contributed by atoms with Crippen LogP contribution < -0.4 is 20.9 Å². The molecule has 0 bridgehead atoms. The van der Waals surface area contributed by atoms with Crippen LogP contribution in [-0.2, 0) is 6.18 Å². The molecule has 2 amide bonds. The van der Waals surface area contributed by atoms with Gasteiger partial charge < -0.3 is 20.9 Å². The van der Waals surface area contributed by atoms with Crippen LogP contribution in [0.4, 0.5) is 35.4 Å². The first-order valence-electron chi connectivity index (χ1n) is 9.83. The Balaban J connectivity index is 1.53. The second-order valence-corrected chi connectivity index (χ2v) is 7.99. The molecule has 7 nitrogen and oxygen atoms in total. The summed E-state index contributed by atoms with van der Waals surface area (Å²) < 4.78 is 39.5. The number of aromatic nitrogens is 2. The van der Waals surface area contributed by atoms with Crippen molar-refractivity contribution in [1.82, 2.24) is 15.3 Å². The Kier molecular flexibility index (Phi) is 7.09. The van der Waals surface area contributed by atoms with Gasteiger partial charge >= 0.3 is 12.2 Å². The number of amides is 2. The van der Waals surface area contributed by atoms with Crippen molar-refractivity contribution in [3.8, 4) is 0 Å². The van der Waals surface area contributed by atoms with E-state index in [1.54, 1.807) is 6.20 Å². The summed E-state index contributed by atoms with van der Waals surface area (Å²) in [6.07, 6.45) is -0.0592. The fourth-order valence-corrected chi connectivity index (χ4v) is 3.68. The van der Waals surface area contributed by atoms with Crippen molar-refractivity contribution >= 4 is 35.1 Å². The van der Waals surface area contributed by atoms with Gasteiger partial charge in [0, 0.05) is 32.4 Å². The van der Waals surface area contributed by atoms with E-state index in [0.29, 0.717) is 18.8 Å². The van der Waals surface area contributed by atoms with Gasteiger partial charge in [0.25, 0.3) is 0 Å². The van der Waals surface area contributed by atoms with Crippen LogP contribution in [0, 0.1) is 0 Å². The number of hydrogen-bond acceptors (Lipinski definition) is 5. The number of alkyl halides is 3. The molecule has 2 aromatic rings. The molecule has 11 heteroatoms. The zero-order valence-corrected chi connectivity index (χ0v) is 17.9. The highest BCUT2D eigenvalue weighted by Crippen LogP contribution is 2.38. The average Bonchev–Trinajstić information content (AvgIpc) is 2.70. The number of nitrogens with one attached hydrogen (secondary N) is 3. The summed E-state index contributed by atoms with van der Waals surface area (Å²) in [5.74, 6) is 1.33. The summed E-state index contributed by atoms with van der Waals surface area (Å²) in [6.45, 7) is 0. The highest BCUT2D eigenvalue weighted by Gasteiger charge is 2.35. The van der Waals surface area contributed by atoms with Crippen molar-refractivity contribution in [2.45, 2.75) is 43.9 Å². The number of carbonyl (C=O) groups excluding carboxylic acids is 1. The van der Waals surface area contributed by atoms with Gasteiger partial charge in [0.05, 0.1) is 16.3 Å². The molecular weight excluding hydrogens is 433 g/mol. The maximum atomic E-state index is 13.2. The number of carbonyl (C=O) groups is 1. The number of benzene rings is 1. The van der Waals surface area contributed by atoms with Crippen LogP contribution in [0.1, 0.15) is 31.2 Å². The van der Waals surface area contributed by atoms with Crippen LogP contribution in [0.15, 0.2) is 30.5 Å². The molecule has 31 heavy (non-hydrogen) atoms. The van der Waals surface area contributed by atoms with Gasteiger partial charge in [0.1, 0.15) is 5.82 Å². The van der Waals surface area contributed by atoms with Gasteiger partial charge in [-0.3, -0.25) is 0 Å². The molecule has 3 N–H and O–H groups in total. The van der Waals surface area contributed by atoms with E-state index in [1.165, 1.54) is 12.1 Å². The minimum Gasteiger partial charge on any atom is -0.363 e. The molecule has 0 saturated heterocycles. The smallest absolute Gasteiger partial charge is 0.363 e. The molecule has 0 atom stereocenters. The number of anilines is 3. The van der Waals surface area contributed by atoms with Gasteiger partial charge in [0.15, 0.2) is 0 Å². The predicted octanol–water partition coefficient (Wildman–Crippen LogP) is 4.76. The highest BCUT2D eigenvalue weighted by atomic mass is 35.5. The number of para-hydroxylation sites is 1. The van der Waals surface area contributed by atoms with Gasteiger partial charge in [-0.05, 0) is 43.9 Å². The molecule has 1 heterocycles. The Hall–Kier alpha value is -2.75. The lowest BCUT2D eigenvalue weighted by atomic mass is 9.91. The molecule has 0 unspecified atom stereocenters. The van der Waals surface area contributed by atoms with Crippen LogP contribution in [0.25, 0.3) is 0 Å². The molecule has 168 valence electrons. The molecule has 3 rings (SSSR count). The second-order valence-electron chi connectivity index (χ2n) is 7.58. The highest BCUT2D eigenvalue weighted by molar-refractivity contribution is 6.33. The van der Waals surface area contributed by atoms with E-state index in [9.17, 15) is 18.0 Å². The lowest BCUT2D eigenvalue weighted by molar-refractivity contribution is -0.136. The Morgan fingerprint density at radius 3 is 2.45 bits per heavy atom. The Morgan fingerprint density at radius 2 is 1.81 bits per heavy atom. The zero-order chi connectivity index (χ0) is 22.6. The number of hydrogen-bond donors (Lipinski definition) is 3. The number of halogens is 4. The van der Waals surface area contributed by atoms with Gasteiger partial charge in [-0.1, -0.05) is 17.7 Å². The van der Waals surface area contributed by atoms with E-state index in [1.807, 2.05) is 25.1 Å². The first-order chi connectivity index (χ1) is 14.6. The summed E-state index contributed by atoms with van der Waals surface area (Å²) >= 11 is 5.88. The second kappa shape index (κ2) is 9.59. The molecule has 0 radical (unpaired) electrons. The fourth-order valence-electron chi connectivity index (χ4n) is 3.45. The zero-order valence-electron chi connectivity index (χ0n) is 17.1. The van der Waals surface area contributed by atoms with Crippen molar-refractivity contribution in [3.63, 3.8) is 0 Å². The van der Waals surface area contributed by atoms with Crippen LogP contribution in [0.5, 0.6) is 0 Å². The number of urea groups is 1. The molecular formula is C20H24ClF3N6O. The molecule has 1 aromatic carbocycles. The fraction of sp³-hybridized carbons (Fsp3) is 0.450. The minimum absolute atomic E-state index is 0.149. The quantitative estimate of drug-likeness (QED) is 0.604. The number of nitrogens with zero attached hydrogens (tertiary/aromatic N) is 3. The van der Waals surface area contributed by atoms with Crippen LogP contribution in [0.3, 0.4) is 0 Å². The molecule has 1 saturated carbocycles. The van der Waals surface area contributed by atoms with E-state index in [0.717, 1.165) is 24.7 Å². The van der Waals surface area contributed by atoms with Crippen LogP contribution in [-0.4, -0.2) is 42.2 Å². The molecule has 1 aliphatic rings. The first kappa shape index (κ1) is 22.9. The minimum atomic E-state index is -4.62. The van der Waals surface area contributed by atoms with Crippen molar-refractivity contribution in [1.29, 1.82) is 0 Å². The maximum absolute atomic E-state index is 13.2. The van der Waals surface area contributed by atoms with Crippen LogP contribution in [0.2, 0.25) is 5.02 Å². The molecule has 1 fully saturated rings. The molecule has 0 aliphatic heterocycles. The van der Waals surface area contributed by atoms with Gasteiger partial charge in [-0.2, -0.15) is 18.2 Å². The molecule has 0 spiro atoms. The third-order valence-electron chi connectivity index (χ3n) is 5.05. The SMILES string of the molecule is CN(C)c1ccnc(NC2CCC(NC(=O)Nc3c(Cl)cccc3C(F)(F)F)CC2)n1. The van der Waals surface area contributed by atoms with E-state index in [-0.39, 0.29) is 17.1 Å². The van der Waals surface area contributed by atoms with E-state index >= 15 is 0 Å². The van der Waals surface area contributed by atoms with Crippen LogP contribution >= 0.6 is 11.6 Å². The van der Waals surface area contributed by atoms with E-state index < -0.39 is 23.5 Å². The van der Waals surface area contributed by atoms with Gasteiger partial charge in [-0.15, -0.1) is 0 Å². The standard InChI is InChI=1S/C20H24ClF3N6O/c1-30(2)16-10-11-25-18(28-16)26-12-6-8-13(9-7-12)27-19(31)29-17-14(20(22,23)24)4-3-5-15(17)21/h3-5,10-13H,6-9H2,1-2H3,(H,25,26,28)(H2,27,29,31). The third-order valence-corrected chi connectivity index (χ3v) is 5.37. The number of rotatable bonds is 5. The first-order valence-corrected chi connectivity index (χ1v) is 10.2.